The molecule has 2 heterocycles. The zero-order valence-electron chi connectivity index (χ0n) is 14.0. The Morgan fingerprint density at radius 2 is 1.67 bits per heavy atom. The summed E-state index contributed by atoms with van der Waals surface area (Å²) < 4.78 is 1.95. The van der Waals surface area contributed by atoms with Crippen LogP contribution in [0.3, 0.4) is 0 Å². The van der Waals surface area contributed by atoms with Gasteiger partial charge in [-0.2, -0.15) is 0 Å². The molecule has 1 saturated carbocycles. The van der Waals surface area contributed by atoms with Crippen molar-refractivity contribution in [1.29, 1.82) is 0 Å². The largest absolute Gasteiger partial charge is 0.326 e. The average molecular weight is 327 g/mol. The van der Waals surface area contributed by atoms with Crippen LogP contribution in [0.2, 0.25) is 0 Å². The van der Waals surface area contributed by atoms with Gasteiger partial charge < -0.3 is 14.7 Å². The van der Waals surface area contributed by atoms with Gasteiger partial charge >= 0.3 is 5.69 Å². The molecule has 2 aliphatic rings. The third-order valence-corrected chi connectivity index (χ3v) is 5.94. The molecule has 5 nitrogen and oxygen atoms in total. The lowest BCUT2D eigenvalue weighted by Crippen LogP contribution is -2.44. The second-order valence-electron chi connectivity index (χ2n) is 7.29. The van der Waals surface area contributed by atoms with Crippen LogP contribution in [0.15, 0.2) is 29.1 Å². The molecule has 0 bridgehead atoms. The lowest BCUT2D eigenvalue weighted by Gasteiger charge is -2.40. The number of imidazole rings is 1. The van der Waals surface area contributed by atoms with Crippen molar-refractivity contribution in [2.45, 2.75) is 50.6 Å². The molecule has 1 aliphatic heterocycles. The summed E-state index contributed by atoms with van der Waals surface area (Å²) in [5.41, 5.74) is 1.96. The smallest absolute Gasteiger partial charge is 0.306 e. The van der Waals surface area contributed by atoms with Gasteiger partial charge in [0.05, 0.1) is 11.0 Å². The molecule has 0 radical (unpaired) electrons. The number of aromatic nitrogens is 2. The topological polar surface area (TPSA) is 58.1 Å². The first-order chi connectivity index (χ1) is 11.8. The zero-order chi connectivity index (χ0) is 16.5. The van der Waals surface area contributed by atoms with Crippen molar-refractivity contribution in [2.24, 2.45) is 5.92 Å². The summed E-state index contributed by atoms with van der Waals surface area (Å²) >= 11 is 0. The molecule has 0 spiro atoms. The Labute approximate surface area is 141 Å². The zero-order valence-corrected chi connectivity index (χ0v) is 14.0. The maximum Gasteiger partial charge on any atom is 0.326 e. The highest BCUT2D eigenvalue weighted by Gasteiger charge is 2.30. The first kappa shape index (κ1) is 15.6. The average Bonchev–Trinajstić information content (AvgIpc) is 2.98. The summed E-state index contributed by atoms with van der Waals surface area (Å²) in [7, 11) is 0. The minimum absolute atomic E-state index is 0.0149. The molecule has 4 rings (SSSR count). The van der Waals surface area contributed by atoms with Gasteiger partial charge in [-0.1, -0.05) is 12.1 Å². The van der Waals surface area contributed by atoms with Gasteiger partial charge in [0.15, 0.2) is 0 Å². The van der Waals surface area contributed by atoms with Crippen LogP contribution in [0.25, 0.3) is 11.0 Å². The van der Waals surface area contributed by atoms with Crippen molar-refractivity contribution in [3.05, 3.63) is 34.7 Å². The van der Waals surface area contributed by atoms with Gasteiger partial charge in [0, 0.05) is 31.1 Å². The Bertz CT molecular complexity index is 762. The molecule has 1 saturated heterocycles. The van der Waals surface area contributed by atoms with Gasteiger partial charge in [0.25, 0.3) is 0 Å². The maximum atomic E-state index is 12.4. The van der Waals surface area contributed by atoms with E-state index in [4.69, 9.17) is 0 Å². The number of hydrogen-bond acceptors (Lipinski definition) is 3. The van der Waals surface area contributed by atoms with Crippen molar-refractivity contribution in [3.8, 4) is 0 Å². The van der Waals surface area contributed by atoms with E-state index < -0.39 is 0 Å². The number of nitrogens with one attached hydrogen (secondary N) is 1. The number of hydrogen-bond donors (Lipinski definition) is 1. The van der Waals surface area contributed by atoms with Crippen LogP contribution < -0.4 is 5.69 Å². The predicted octanol–water partition coefficient (Wildman–Crippen LogP) is 2.72. The van der Waals surface area contributed by atoms with E-state index in [0.29, 0.717) is 6.04 Å². The van der Waals surface area contributed by atoms with Crippen molar-refractivity contribution >= 4 is 17.3 Å². The summed E-state index contributed by atoms with van der Waals surface area (Å²) in [6.07, 6.45) is 7.53. The quantitative estimate of drug-likeness (QED) is 0.882. The molecule has 128 valence electrons. The molecule has 2 fully saturated rings. The van der Waals surface area contributed by atoms with Crippen LogP contribution in [0, 0.1) is 5.92 Å². The summed E-state index contributed by atoms with van der Waals surface area (Å²) in [4.78, 5) is 28.8. The number of piperidine rings is 1. The van der Waals surface area contributed by atoms with Crippen molar-refractivity contribution in [2.75, 3.05) is 13.1 Å². The first-order valence-electron chi connectivity index (χ1n) is 9.15. The van der Waals surface area contributed by atoms with Crippen LogP contribution in [-0.2, 0) is 4.79 Å². The van der Waals surface area contributed by atoms with Gasteiger partial charge in [-0.3, -0.25) is 4.57 Å². The monoisotopic (exact) mass is 327 g/mol. The predicted molar refractivity (Wildman–Crippen MR) is 94.2 cm³/mol. The van der Waals surface area contributed by atoms with Gasteiger partial charge in [-0.25, -0.2) is 4.79 Å². The Morgan fingerprint density at radius 3 is 2.38 bits per heavy atom. The van der Waals surface area contributed by atoms with Gasteiger partial charge in [-0.05, 0) is 50.7 Å². The van der Waals surface area contributed by atoms with E-state index in [1.165, 1.54) is 0 Å². The Kier molecular flexibility index (Phi) is 4.27. The molecule has 2 aromatic rings. The molecule has 5 heteroatoms. The summed E-state index contributed by atoms with van der Waals surface area (Å²) in [6, 6.07) is 8.86. The number of fused-ring (bicyclic) bond motifs is 1. The minimum Gasteiger partial charge on any atom is -0.306 e. The second-order valence-corrected chi connectivity index (χ2v) is 7.29. The number of aromatic amines is 1. The Morgan fingerprint density at radius 1 is 0.958 bits per heavy atom. The molecule has 0 amide bonds. The Balaban J connectivity index is 1.43. The molecule has 1 aliphatic carbocycles. The van der Waals surface area contributed by atoms with Crippen molar-refractivity contribution in [1.82, 2.24) is 14.5 Å². The van der Waals surface area contributed by atoms with E-state index in [9.17, 15) is 9.59 Å². The fourth-order valence-electron chi connectivity index (χ4n) is 4.55. The van der Waals surface area contributed by atoms with E-state index in [-0.39, 0.29) is 17.6 Å². The van der Waals surface area contributed by atoms with Crippen LogP contribution >= 0.6 is 0 Å². The van der Waals surface area contributed by atoms with E-state index in [1.54, 1.807) is 0 Å². The molecule has 1 aromatic carbocycles. The second kappa shape index (κ2) is 6.55. The molecular weight excluding hydrogens is 302 g/mol. The van der Waals surface area contributed by atoms with Crippen LogP contribution in [0.1, 0.15) is 44.6 Å². The number of H-pyrrole nitrogens is 1. The van der Waals surface area contributed by atoms with Crippen LogP contribution in [0.5, 0.6) is 0 Å². The number of aldehydes is 1. The number of nitrogens with zero attached hydrogens (tertiary/aromatic N) is 2. The molecule has 24 heavy (non-hydrogen) atoms. The summed E-state index contributed by atoms with van der Waals surface area (Å²) in [6.45, 7) is 2.10. The normalized spacial score (nSPS) is 26.7. The lowest BCUT2D eigenvalue weighted by atomic mass is 9.85. The van der Waals surface area contributed by atoms with E-state index in [2.05, 4.69) is 9.88 Å². The van der Waals surface area contributed by atoms with Gasteiger partial charge in [0.1, 0.15) is 6.29 Å². The summed E-state index contributed by atoms with van der Waals surface area (Å²) in [5.74, 6) is 0.281. The number of para-hydroxylation sites is 2. The molecule has 0 unspecified atom stereocenters. The number of benzene rings is 1. The third-order valence-electron chi connectivity index (χ3n) is 5.94. The maximum absolute atomic E-state index is 12.4. The molecule has 0 atom stereocenters. The van der Waals surface area contributed by atoms with E-state index >= 15 is 0 Å². The van der Waals surface area contributed by atoms with Crippen molar-refractivity contribution in [3.63, 3.8) is 0 Å². The number of carbonyl (C=O) groups is 1. The van der Waals surface area contributed by atoms with E-state index in [0.717, 1.165) is 68.9 Å². The fourth-order valence-corrected chi connectivity index (χ4v) is 4.55. The lowest BCUT2D eigenvalue weighted by molar-refractivity contribution is -0.112. The van der Waals surface area contributed by atoms with Gasteiger partial charge in [0.2, 0.25) is 0 Å². The third kappa shape index (κ3) is 2.81. The highest BCUT2D eigenvalue weighted by atomic mass is 16.1. The minimum atomic E-state index is 0.0149. The SMILES string of the molecule is O=CC1CCC(N2CCC(n3c(=O)[nH]c4ccccc43)CC2)CC1. The summed E-state index contributed by atoms with van der Waals surface area (Å²) in [5, 5.41) is 0. The van der Waals surface area contributed by atoms with Crippen LogP contribution in [0.4, 0.5) is 0 Å². The van der Waals surface area contributed by atoms with E-state index in [1.807, 2.05) is 28.8 Å². The standard InChI is InChI=1S/C19H25N3O2/c23-13-14-5-7-15(8-6-14)21-11-9-16(10-12-21)22-18-4-2-1-3-17(18)20-19(22)24/h1-4,13-16H,5-12H2,(H,20,24). The van der Waals surface area contributed by atoms with Crippen LogP contribution in [-0.4, -0.2) is 39.9 Å². The van der Waals surface area contributed by atoms with Crippen molar-refractivity contribution < 1.29 is 4.79 Å². The van der Waals surface area contributed by atoms with Gasteiger partial charge in [-0.15, -0.1) is 0 Å². The Hall–Kier alpha value is -1.88. The fraction of sp³-hybridized carbons (Fsp3) is 0.579. The number of rotatable bonds is 3. The molecule has 1 N–H and O–H groups in total. The highest BCUT2D eigenvalue weighted by molar-refractivity contribution is 5.75. The highest BCUT2D eigenvalue weighted by Crippen LogP contribution is 2.31. The first-order valence-corrected chi connectivity index (χ1v) is 9.15. The number of carbonyl (C=O) groups excluding carboxylic acids is 1. The molecular formula is C19H25N3O2. The number of likely N-dealkylation sites (tertiary alicyclic amines) is 1. The molecule has 1 aromatic heterocycles.